The van der Waals surface area contributed by atoms with E-state index in [2.05, 4.69) is 5.32 Å². The number of rotatable bonds is 3. The molecule has 19 heavy (non-hydrogen) atoms. The molecule has 3 nitrogen and oxygen atoms in total. The predicted molar refractivity (Wildman–Crippen MR) is 73.5 cm³/mol. The molecule has 2 rings (SSSR count). The van der Waals surface area contributed by atoms with Crippen LogP contribution in [0.5, 0.6) is 0 Å². The Bertz CT molecular complexity index is 467. The van der Waals surface area contributed by atoms with E-state index < -0.39 is 0 Å². The predicted octanol–water partition coefficient (Wildman–Crippen LogP) is 2.53. The number of benzene rings is 1. The van der Waals surface area contributed by atoms with Crippen LogP contribution >= 0.6 is 0 Å². The number of carbonyl (C=O) groups excluding carboxylic acids is 1. The van der Waals surface area contributed by atoms with E-state index in [1.54, 1.807) is 19.1 Å². The molecule has 0 aliphatic heterocycles. The van der Waals surface area contributed by atoms with E-state index in [0.717, 1.165) is 25.7 Å². The van der Waals surface area contributed by atoms with E-state index in [1.165, 1.54) is 12.5 Å². The fourth-order valence-corrected chi connectivity index (χ4v) is 2.66. The summed E-state index contributed by atoms with van der Waals surface area (Å²) in [5.41, 5.74) is 6.43. The summed E-state index contributed by atoms with van der Waals surface area (Å²) in [5.74, 6) is -0.579. The topological polar surface area (TPSA) is 55.1 Å². The van der Waals surface area contributed by atoms with Gasteiger partial charge in [-0.1, -0.05) is 25.3 Å². The first-order valence-corrected chi connectivity index (χ1v) is 6.85. The lowest BCUT2D eigenvalue weighted by Crippen LogP contribution is -2.54. The van der Waals surface area contributed by atoms with Gasteiger partial charge >= 0.3 is 0 Å². The molecule has 0 heterocycles. The van der Waals surface area contributed by atoms with Crippen LogP contribution in [-0.4, -0.2) is 18.0 Å². The zero-order valence-corrected chi connectivity index (χ0v) is 11.3. The smallest absolute Gasteiger partial charge is 0.251 e. The maximum Gasteiger partial charge on any atom is 0.251 e. The van der Waals surface area contributed by atoms with Crippen molar-refractivity contribution in [1.82, 2.24) is 5.32 Å². The monoisotopic (exact) mass is 264 g/mol. The first-order valence-electron chi connectivity index (χ1n) is 6.85. The van der Waals surface area contributed by atoms with Crippen molar-refractivity contribution in [2.75, 3.05) is 6.54 Å². The van der Waals surface area contributed by atoms with Crippen LogP contribution in [-0.2, 0) is 0 Å². The highest BCUT2D eigenvalue weighted by molar-refractivity contribution is 5.94. The van der Waals surface area contributed by atoms with Crippen molar-refractivity contribution in [2.45, 2.75) is 44.6 Å². The maximum absolute atomic E-state index is 13.5. The third-order valence-electron chi connectivity index (χ3n) is 4.01. The Morgan fingerprint density at radius 1 is 1.37 bits per heavy atom. The summed E-state index contributed by atoms with van der Waals surface area (Å²) in [7, 11) is 0. The first kappa shape index (κ1) is 14.0. The van der Waals surface area contributed by atoms with E-state index >= 15 is 0 Å². The van der Waals surface area contributed by atoms with Gasteiger partial charge in [-0.3, -0.25) is 4.79 Å². The van der Waals surface area contributed by atoms with E-state index in [1.807, 2.05) is 0 Å². The zero-order chi connectivity index (χ0) is 13.9. The number of carbonyl (C=O) groups is 1. The Labute approximate surface area is 113 Å². The zero-order valence-electron chi connectivity index (χ0n) is 11.3. The Balaban J connectivity index is 2.12. The molecule has 0 spiro atoms. The highest BCUT2D eigenvalue weighted by Gasteiger charge is 2.32. The van der Waals surface area contributed by atoms with Crippen LogP contribution in [0.4, 0.5) is 4.39 Å². The lowest BCUT2D eigenvalue weighted by molar-refractivity contribution is 0.0874. The van der Waals surface area contributed by atoms with E-state index in [9.17, 15) is 9.18 Å². The second kappa shape index (κ2) is 5.70. The van der Waals surface area contributed by atoms with Crippen molar-refractivity contribution in [3.8, 4) is 0 Å². The van der Waals surface area contributed by atoms with Gasteiger partial charge in [-0.25, -0.2) is 4.39 Å². The van der Waals surface area contributed by atoms with Gasteiger partial charge in [-0.05, 0) is 37.5 Å². The molecule has 1 amide bonds. The summed E-state index contributed by atoms with van der Waals surface area (Å²) in [6.45, 7) is 2.12. The van der Waals surface area contributed by atoms with Gasteiger partial charge in [-0.15, -0.1) is 0 Å². The van der Waals surface area contributed by atoms with E-state index in [4.69, 9.17) is 5.73 Å². The summed E-state index contributed by atoms with van der Waals surface area (Å²) in [4.78, 5) is 12.2. The molecule has 0 unspecified atom stereocenters. The third-order valence-corrected chi connectivity index (χ3v) is 4.01. The largest absolute Gasteiger partial charge is 0.345 e. The standard InChI is InChI=1S/C15H21FN2O/c1-11-5-6-12(9-13(11)16)14(19)18-15(10-17)7-3-2-4-8-15/h5-6,9H,2-4,7-8,10,17H2,1H3,(H,18,19). The molecule has 1 aliphatic rings. The van der Waals surface area contributed by atoms with Gasteiger partial charge in [0.1, 0.15) is 5.82 Å². The van der Waals surface area contributed by atoms with Crippen molar-refractivity contribution < 1.29 is 9.18 Å². The van der Waals surface area contributed by atoms with Gasteiger partial charge in [0.25, 0.3) is 5.91 Å². The highest BCUT2D eigenvalue weighted by Crippen LogP contribution is 2.27. The van der Waals surface area contributed by atoms with Crippen molar-refractivity contribution >= 4 is 5.91 Å². The summed E-state index contributed by atoms with van der Waals surface area (Å²) < 4.78 is 13.5. The molecule has 1 aromatic rings. The average molecular weight is 264 g/mol. The Hall–Kier alpha value is -1.42. The molecule has 0 saturated heterocycles. The SMILES string of the molecule is Cc1ccc(C(=O)NC2(CN)CCCCC2)cc1F. The first-order chi connectivity index (χ1) is 9.06. The molecule has 0 radical (unpaired) electrons. The molecule has 0 atom stereocenters. The lowest BCUT2D eigenvalue weighted by atomic mass is 9.81. The van der Waals surface area contributed by atoms with E-state index in [-0.39, 0.29) is 17.3 Å². The lowest BCUT2D eigenvalue weighted by Gasteiger charge is -2.37. The van der Waals surface area contributed by atoms with Gasteiger partial charge in [0.2, 0.25) is 0 Å². The minimum absolute atomic E-state index is 0.230. The number of amides is 1. The van der Waals surface area contributed by atoms with Gasteiger partial charge in [0.05, 0.1) is 5.54 Å². The van der Waals surface area contributed by atoms with Crippen LogP contribution in [0.15, 0.2) is 18.2 Å². The van der Waals surface area contributed by atoms with Crippen LogP contribution in [0.25, 0.3) is 0 Å². The Morgan fingerprint density at radius 3 is 2.63 bits per heavy atom. The Morgan fingerprint density at radius 2 is 2.05 bits per heavy atom. The second-order valence-corrected chi connectivity index (χ2v) is 5.46. The second-order valence-electron chi connectivity index (χ2n) is 5.46. The van der Waals surface area contributed by atoms with Crippen LogP contribution < -0.4 is 11.1 Å². The Kier molecular flexibility index (Phi) is 4.20. The van der Waals surface area contributed by atoms with Crippen LogP contribution in [0, 0.1) is 12.7 Å². The number of nitrogens with two attached hydrogens (primary N) is 1. The molecule has 4 heteroatoms. The van der Waals surface area contributed by atoms with Gasteiger partial charge in [-0.2, -0.15) is 0 Å². The summed E-state index contributed by atoms with van der Waals surface area (Å²) in [6.07, 6.45) is 5.17. The summed E-state index contributed by atoms with van der Waals surface area (Å²) in [5, 5.41) is 3.01. The molecular weight excluding hydrogens is 243 g/mol. The molecule has 1 aliphatic carbocycles. The normalized spacial score (nSPS) is 18.1. The summed E-state index contributed by atoms with van der Waals surface area (Å²) in [6, 6.07) is 4.57. The number of hydrogen-bond donors (Lipinski definition) is 2. The quantitative estimate of drug-likeness (QED) is 0.881. The molecule has 0 bridgehead atoms. The number of hydrogen-bond acceptors (Lipinski definition) is 2. The van der Waals surface area contributed by atoms with Crippen LogP contribution in [0.1, 0.15) is 48.0 Å². The van der Waals surface area contributed by atoms with Crippen molar-refractivity contribution in [1.29, 1.82) is 0 Å². The summed E-state index contributed by atoms with van der Waals surface area (Å²) >= 11 is 0. The molecule has 1 aromatic carbocycles. The van der Waals surface area contributed by atoms with Gasteiger partial charge < -0.3 is 11.1 Å². The van der Waals surface area contributed by atoms with Gasteiger partial charge in [0, 0.05) is 12.1 Å². The molecule has 0 aromatic heterocycles. The molecule has 1 fully saturated rings. The molecular formula is C15H21FN2O. The number of aryl methyl sites for hydroxylation is 1. The third kappa shape index (κ3) is 3.13. The minimum atomic E-state index is -0.349. The van der Waals surface area contributed by atoms with E-state index in [0.29, 0.717) is 17.7 Å². The molecule has 3 N–H and O–H groups in total. The number of nitrogens with one attached hydrogen (secondary N) is 1. The fourth-order valence-electron chi connectivity index (χ4n) is 2.66. The molecule has 1 saturated carbocycles. The van der Waals surface area contributed by atoms with Crippen molar-refractivity contribution in [3.63, 3.8) is 0 Å². The molecule has 104 valence electrons. The fraction of sp³-hybridized carbons (Fsp3) is 0.533. The highest BCUT2D eigenvalue weighted by atomic mass is 19.1. The van der Waals surface area contributed by atoms with Crippen molar-refractivity contribution in [3.05, 3.63) is 35.1 Å². The van der Waals surface area contributed by atoms with Crippen LogP contribution in [0.2, 0.25) is 0 Å². The maximum atomic E-state index is 13.5. The minimum Gasteiger partial charge on any atom is -0.345 e. The van der Waals surface area contributed by atoms with Crippen molar-refractivity contribution in [2.24, 2.45) is 5.73 Å². The number of halogens is 1. The van der Waals surface area contributed by atoms with Crippen LogP contribution in [0.3, 0.4) is 0 Å². The van der Waals surface area contributed by atoms with Gasteiger partial charge in [0.15, 0.2) is 0 Å². The average Bonchev–Trinajstić information content (AvgIpc) is 2.43.